The standard InChI is InChI=1S/C38H55N3O12Si/c1-38(2,3)54(34-10-6-4-7-11-34,35-12-8-5-9-13-35)53-31-30-52-29-28-51-27-26-50-25-24-49-23-22-48-21-20-47-19-18-46-17-16-39-36-15-14-33(40(42)43)32-37(36)41(44)45/h4-15,32,39H,16-31H2,1-3H3. The van der Waals surface area contributed by atoms with Crippen molar-refractivity contribution >= 4 is 35.8 Å². The molecule has 0 radical (unpaired) electrons. The van der Waals surface area contributed by atoms with Crippen molar-refractivity contribution in [3.8, 4) is 0 Å². The molecule has 0 bridgehead atoms. The third-order valence-corrected chi connectivity index (χ3v) is 13.2. The maximum Gasteiger partial charge on any atom is 0.299 e. The Kier molecular flexibility index (Phi) is 20.9. The molecule has 0 aliphatic heterocycles. The maximum absolute atomic E-state index is 11.2. The summed E-state index contributed by atoms with van der Waals surface area (Å²) < 4.78 is 45.8. The molecule has 0 saturated heterocycles. The lowest BCUT2D eigenvalue weighted by atomic mass is 10.2. The lowest BCUT2D eigenvalue weighted by Crippen LogP contribution is -2.66. The molecule has 0 spiro atoms. The minimum absolute atomic E-state index is 0.0739. The van der Waals surface area contributed by atoms with Crippen LogP contribution in [0, 0.1) is 20.2 Å². The van der Waals surface area contributed by atoms with E-state index in [0.717, 1.165) is 6.07 Å². The quantitative estimate of drug-likeness (QED) is 0.0432. The fourth-order valence-corrected chi connectivity index (χ4v) is 10.2. The molecule has 3 rings (SSSR count). The minimum Gasteiger partial charge on any atom is -0.405 e. The van der Waals surface area contributed by atoms with E-state index >= 15 is 0 Å². The van der Waals surface area contributed by atoms with Gasteiger partial charge in [-0.15, -0.1) is 0 Å². The highest BCUT2D eigenvalue weighted by atomic mass is 28.4. The van der Waals surface area contributed by atoms with E-state index in [0.29, 0.717) is 99.0 Å². The largest absolute Gasteiger partial charge is 0.405 e. The summed E-state index contributed by atoms with van der Waals surface area (Å²) in [6.45, 7) is 13.6. The average Bonchev–Trinajstić information content (AvgIpc) is 3.16. The molecule has 0 aliphatic carbocycles. The van der Waals surface area contributed by atoms with Crippen LogP contribution in [-0.4, -0.2) is 124 Å². The number of benzene rings is 3. The molecule has 298 valence electrons. The molecule has 1 N–H and O–H groups in total. The number of rotatable bonds is 30. The van der Waals surface area contributed by atoms with E-state index in [9.17, 15) is 20.2 Å². The number of nitro groups is 2. The molecule has 15 nitrogen and oxygen atoms in total. The van der Waals surface area contributed by atoms with Crippen LogP contribution in [0.5, 0.6) is 0 Å². The predicted molar refractivity (Wildman–Crippen MR) is 208 cm³/mol. The molecule has 0 aromatic heterocycles. The van der Waals surface area contributed by atoms with E-state index in [2.05, 4.69) is 74.6 Å². The fraction of sp³-hybridized carbons (Fsp3) is 0.526. The summed E-state index contributed by atoms with van der Waals surface area (Å²) >= 11 is 0. The van der Waals surface area contributed by atoms with Gasteiger partial charge in [0, 0.05) is 12.6 Å². The molecule has 3 aromatic carbocycles. The highest BCUT2D eigenvalue weighted by molar-refractivity contribution is 6.99. The van der Waals surface area contributed by atoms with Gasteiger partial charge in [-0.3, -0.25) is 20.2 Å². The minimum atomic E-state index is -2.56. The molecule has 0 saturated carbocycles. The molecule has 0 heterocycles. The van der Waals surface area contributed by atoms with Gasteiger partial charge in [0.2, 0.25) is 0 Å². The molecule has 16 heteroatoms. The highest BCUT2D eigenvalue weighted by Gasteiger charge is 2.50. The second-order valence-electron chi connectivity index (χ2n) is 12.9. The van der Waals surface area contributed by atoms with Crippen LogP contribution in [0.25, 0.3) is 0 Å². The van der Waals surface area contributed by atoms with Gasteiger partial charge in [-0.25, -0.2) is 0 Å². The van der Waals surface area contributed by atoms with E-state index in [4.69, 9.17) is 37.6 Å². The summed E-state index contributed by atoms with van der Waals surface area (Å²) in [4.78, 5) is 20.7. The summed E-state index contributed by atoms with van der Waals surface area (Å²) in [6.07, 6.45) is 0. The van der Waals surface area contributed by atoms with Gasteiger partial charge in [0.05, 0.1) is 115 Å². The van der Waals surface area contributed by atoms with Crippen LogP contribution in [0.1, 0.15) is 20.8 Å². The predicted octanol–water partition coefficient (Wildman–Crippen LogP) is 4.61. The number of nitrogens with zero attached hydrogens (tertiary/aromatic N) is 2. The first-order valence-corrected chi connectivity index (χ1v) is 20.0. The molecule has 3 aromatic rings. The molecular weight excluding hydrogens is 719 g/mol. The van der Waals surface area contributed by atoms with Crippen LogP contribution < -0.4 is 15.7 Å². The van der Waals surface area contributed by atoms with Crippen molar-refractivity contribution in [2.24, 2.45) is 0 Å². The van der Waals surface area contributed by atoms with Crippen molar-refractivity contribution < 1.29 is 47.4 Å². The second-order valence-corrected chi connectivity index (χ2v) is 17.2. The molecule has 0 atom stereocenters. The van der Waals surface area contributed by atoms with Crippen LogP contribution in [0.15, 0.2) is 78.9 Å². The van der Waals surface area contributed by atoms with Crippen molar-refractivity contribution in [1.29, 1.82) is 0 Å². The number of non-ortho nitro benzene ring substituents is 1. The summed E-state index contributed by atoms with van der Waals surface area (Å²) in [5.41, 5.74) is -0.521. The van der Waals surface area contributed by atoms with Gasteiger partial charge in [-0.1, -0.05) is 81.4 Å². The Morgan fingerprint density at radius 2 is 0.926 bits per heavy atom. The molecule has 0 unspecified atom stereocenters. The zero-order valence-electron chi connectivity index (χ0n) is 31.6. The fourth-order valence-electron chi connectivity index (χ4n) is 5.63. The molecule has 0 fully saturated rings. The Hall–Kier alpha value is -3.84. The Morgan fingerprint density at radius 3 is 1.30 bits per heavy atom. The second kappa shape index (κ2) is 25.3. The summed E-state index contributed by atoms with van der Waals surface area (Å²) in [7, 11) is -2.56. The number of anilines is 1. The number of nitrogens with one attached hydrogen (secondary N) is 1. The van der Waals surface area contributed by atoms with Crippen LogP contribution in [0.4, 0.5) is 17.1 Å². The smallest absolute Gasteiger partial charge is 0.299 e. The molecular formula is C38H55N3O12Si. The van der Waals surface area contributed by atoms with Crippen LogP contribution >= 0.6 is 0 Å². The van der Waals surface area contributed by atoms with E-state index in [1.54, 1.807) is 0 Å². The number of hydrogen-bond acceptors (Lipinski definition) is 13. The monoisotopic (exact) mass is 773 g/mol. The highest BCUT2D eigenvalue weighted by Crippen LogP contribution is 2.36. The Balaban J connectivity index is 1.09. The molecule has 0 amide bonds. The van der Waals surface area contributed by atoms with E-state index < -0.39 is 18.2 Å². The van der Waals surface area contributed by atoms with Crippen LogP contribution in [0.2, 0.25) is 5.04 Å². The Morgan fingerprint density at radius 1 is 0.537 bits per heavy atom. The maximum atomic E-state index is 11.2. The van der Waals surface area contributed by atoms with Gasteiger partial charge >= 0.3 is 0 Å². The third-order valence-electron chi connectivity index (χ3n) is 8.15. The summed E-state index contributed by atoms with van der Waals surface area (Å²) in [5, 5.41) is 27.3. The van der Waals surface area contributed by atoms with Gasteiger partial charge in [0.15, 0.2) is 0 Å². The van der Waals surface area contributed by atoms with Gasteiger partial charge in [-0.2, -0.15) is 0 Å². The number of nitro benzene ring substituents is 2. The first-order chi connectivity index (χ1) is 26.2. The summed E-state index contributed by atoms with van der Waals surface area (Å²) in [6, 6.07) is 24.6. The van der Waals surface area contributed by atoms with Crippen molar-refractivity contribution in [1.82, 2.24) is 0 Å². The first-order valence-electron chi connectivity index (χ1n) is 18.1. The summed E-state index contributed by atoms with van der Waals surface area (Å²) in [5.74, 6) is 0. The molecule has 54 heavy (non-hydrogen) atoms. The Bertz CT molecular complexity index is 1440. The van der Waals surface area contributed by atoms with Crippen LogP contribution in [-0.2, 0) is 37.6 Å². The van der Waals surface area contributed by atoms with Crippen molar-refractivity contribution in [3.63, 3.8) is 0 Å². The zero-order valence-corrected chi connectivity index (χ0v) is 32.6. The van der Waals surface area contributed by atoms with Crippen molar-refractivity contribution in [2.75, 3.05) is 111 Å². The van der Waals surface area contributed by atoms with Crippen molar-refractivity contribution in [2.45, 2.75) is 25.8 Å². The van der Waals surface area contributed by atoms with Gasteiger partial charge in [-0.05, 0) is 21.5 Å². The average molecular weight is 774 g/mol. The van der Waals surface area contributed by atoms with Gasteiger partial charge in [0.25, 0.3) is 19.7 Å². The van der Waals surface area contributed by atoms with Crippen molar-refractivity contribution in [3.05, 3.63) is 99.1 Å². The zero-order chi connectivity index (χ0) is 38.9. The normalized spacial score (nSPS) is 11.8. The number of ether oxygens (including phenoxy) is 7. The topological polar surface area (TPSA) is 172 Å². The van der Waals surface area contributed by atoms with E-state index in [1.165, 1.54) is 22.5 Å². The van der Waals surface area contributed by atoms with E-state index in [1.807, 2.05) is 12.1 Å². The lowest BCUT2D eigenvalue weighted by Gasteiger charge is -2.43. The van der Waals surface area contributed by atoms with Gasteiger partial charge < -0.3 is 42.9 Å². The third kappa shape index (κ3) is 15.5. The molecule has 0 aliphatic rings. The van der Waals surface area contributed by atoms with E-state index in [-0.39, 0.29) is 28.7 Å². The number of hydrogen-bond donors (Lipinski definition) is 1. The first kappa shape index (κ1) is 44.6. The SMILES string of the molecule is CC(C)(C)[Si](OCCOCCOCCOCCOCCOCCOCCOCCNc1ccc([N+](=O)[O-])cc1[N+](=O)[O-])(c1ccccc1)c1ccccc1. The Labute approximate surface area is 318 Å². The lowest BCUT2D eigenvalue weighted by molar-refractivity contribution is -0.393. The van der Waals surface area contributed by atoms with Gasteiger partial charge in [0.1, 0.15) is 5.69 Å². The van der Waals surface area contributed by atoms with Crippen LogP contribution in [0.3, 0.4) is 0 Å².